The largest absolute Gasteiger partial charge is 0.397 e. The van der Waals surface area contributed by atoms with Crippen molar-refractivity contribution in [2.45, 2.75) is 0 Å². The maximum absolute atomic E-state index is 13.4. The Kier molecular flexibility index (Phi) is 3.35. The first-order valence-corrected chi connectivity index (χ1v) is 5.50. The molecule has 2 rings (SSSR count). The molecule has 2 aromatic rings. The van der Waals surface area contributed by atoms with E-state index in [-0.39, 0.29) is 5.56 Å². The number of nitrogen functional groups attached to an aromatic ring is 1. The topological polar surface area (TPSA) is 61.8 Å². The van der Waals surface area contributed by atoms with E-state index in [2.05, 4.69) is 5.32 Å². The van der Waals surface area contributed by atoms with Gasteiger partial charge in [-0.1, -0.05) is 17.7 Å². The molecule has 0 radical (unpaired) electrons. The van der Waals surface area contributed by atoms with E-state index in [1.807, 2.05) is 0 Å². The van der Waals surface area contributed by atoms with Gasteiger partial charge in [-0.05, 0) is 30.3 Å². The average molecular weight is 262 g/mol. The van der Waals surface area contributed by atoms with Gasteiger partial charge in [0.1, 0.15) is 17.4 Å². The second kappa shape index (κ2) is 4.94. The number of hydrogen-bond acceptors (Lipinski definition) is 3. The van der Waals surface area contributed by atoms with E-state index in [1.165, 1.54) is 12.1 Å². The molecule has 2 aromatic carbocycles. The summed E-state index contributed by atoms with van der Waals surface area (Å²) >= 11 is 5.85. The van der Waals surface area contributed by atoms with Crippen LogP contribution in [0, 0.1) is 17.1 Å². The van der Waals surface area contributed by atoms with Crippen LogP contribution in [0.1, 0.15) is 5.56 Å². The highest BCUT2D eigenvalue weighted by Gasteiger charge is 2.09. The maximum atomic E-state index is 13.4. The standard InChI is InChI=1S/C13H9ClFN3/c14-8-4-5-11(17)13(6-8)18-12-3-1-2-10(15)9(12)7-16/h1-6,18H,17H2. The summed E-state index contributed by atoms with van der Waals surface area (Å²) in [5, 5.41) is 12.3. The monoisotopic (exact) mass is 261 g/mol. The Hall–Kier alpha value is -2.25. The van der Waals surface area contributed by atoms with E-state index in [1.54, 1.807) is 30.3 Å². The highest BCUT2D eigenvalue weighted by atomic mass is 35.5. The van der Waals surface area contributed by atoms with Gasteiger partial charge in [-0.15, -0.1) is 0 Å². The number of nitrogens with zero attached hydrogens (tertiary/aromatic N) is 1. The van der Waals surface area contributed by atoms with Crippen LogP contribution in [-0.4, -0.2) is 0 Å². The van der Waals surface area contributed by atoms with Crippen molar-refractivity contribution in [2.75, 3.05) is 11.1 Å². The highest BCUT2D eigenvalue weighted by molar-refractivity contribution is 6.31. The van der Waals surface area contributed by atoms with Crippen LogP contribution in [0.2, 0.25) is 5.02 Å². The van der Waals surface area contributed by atoms with Gasteiger partial charge in [0.25, 0.3) is 0 Å². The summed E-state index contributed by atoms with van der Waals surface area (Å²) in [7, 11) is 0. The van der Waals surface area contributed by atoms with Crippen molar-refractivity contribution in [3.63, 3.8) is 0 Å². The van der Waals surface area contributed by atoms with E-state index in [9.17, 15) is 4.39 Å². The Balaban J connectivity index is 2.44. The van der Waals surface area contributed by atoms with Gasteiger partial charge in [0, 0.05) is 5.02 Å². The minimum atomic E-state index is -0.580. The number of nitrogens with one attached hydrogen (secondary N) is 1. The van der Waals surface area contributed by atoms with E-state index in [0.717, 1.165) is 0 Å². The Labute approximate surface area is 109 Å². The summed E-state index contributed by atoms with van der Waals surface area (Å²) in [5.41, 5.74) is 7.06. The number of anilines is 3. The second-order valence-corrected chi connectivity index (χ2v) is 4.07. The Morgan fingerprint density at radius 3 is 2.72 bits per heavy atom. The molecule has 90 valence electrons. The lowest BCUT2D eigenvalue weighted by molar-refractivity contribution is 0.624. The van der Waals surface area contributed by atoms with Gasteiger partial charge in [-0.3, -0.25) is 0 Å². The van der Waals surface area contributed by atoms with Gasteiger partial charge >= 0.3 is 0 Å². The van der Waals surface area contributed by atoms with Crippen molar-refractivity contribution in [3.8, 4) is 6.07 Å². The zero-order chi connectivity index (χ0) is 13.1. The number of benzene rings is 2. The summed E-state index contributed by atoms with van der Waals surface area (Å²) in [6.45, 7) is 0. The van der Waals surface area contributed by atoms with Crippen LogP contribution in [0.4, 0.5) is 21.5 Å². The lowest BCUT2D eigenvalue weighted by Crippen LogP contribution is -1.99. The van der Waals surface area contributed by atoms with Crippen molar-refractivity contribution >= 4 is 28.7 Å². The highest BCUT2D eigenvalue weighted by Crippen LogP contribution is 2.28. The van der Waals surface area contributed by atoms with Crippen LogP contribution in [0.5, 0.6) is 0 Å². The molecule has 0 aliphatic heterocycles. The Morgan fingerprint density at radius 2 is 2.00 bits per heavy atom. The quantitative estimate of drug-likeness (QED) is 0.811. The van der Waals surface area contributed by atoms with Crippen LogP contribution in [0.25, 0.3) is 0 Å². The summed E-state index contributed by atoms with van der Waals surface area (Å²) in [5.74, 6) is -0.580. The number of rotatable bonds is 2. The maximum Gasteiger partial charge on any atom is 0.143 e. The van der Waals surface area contributed by atoms with Crippen molar-refractivity contribution in [3.05, 3.63) is 52.8 Å². The zero-order valence-corrected chi connectivity index (χ0v) is 10.0. The lowest BCUT2D eigenvalue weighted by atomic mass is 10.1. The van der Waals surface area contributed by atoms with E-state index >= 15 is 0 Å². The molecule has 0 aromatic heterocycles. The normalized spacial score (nSPS) is 9.83. The van der Waals surface area contributed by atoms with Crippen LogP contribution in [0.15, 0.2) is 36.4 Å². The Bertz CT molecular complexity index is 635. The van der Waals surface area contributed by atoms with Crippen molar-refractivity contribution in [1.29, 1.82) is 5.26 Å². The summed E-state index contributed by atoms with van der Waals surface area (Å²) in [6, 6.07) is 11.0. The summed E-state index contributed by atoms with van der Waals surface area (Å²) in [4.78, 5) is 0. The van der Waals surface area contributed by atoms with Crippen LogP contribution in [0.3, 0.4) is 0 Å². The van der Waals surface area contributed by atoms with Gasteiger partial charge in [0.15, 0.2) is 0 Å². The molecular weight excluding hydrogens is 253 g/mol. The molecule has 0 atom stereocenters. The zero-order valence-electron chi connectivity index (χ0n) is 9.24. The van der Waals surface area contributed by atoms with E-state index in [4.69, 9.17) is 22.6 Å². The van der Waals surface area contributed by atoms with Crippen molar-refractivity contribution in [1.82, 2.24) is 0 Å². The molecule has 3 nitrogen and oxygen atoms in total. The number of hydrogen-bond donors (Lipinski definition) is 2. The molecule has 5 heteroatoms. The Morgan fingerprint density at radius 1 is 1.22 bits per heavy atom. The molecule has 0 amide bonds. The molecule has 0 unspecified atom stereocenters. The molecule has 0 saturated heterocycles. The number of halogens is 2. The summed E-state index contributed by atoms with van der Waals surface area (Å²) < 4.78 is 13.4. The SMILES string of the molecule is N#Cc1c(F)cccc1Nc1cc(Cl)ccc1N. The van der Waals surface area contributed by atoms with Crippen LogP contribution < -0.4 is 11.1 Å². The third kappa shape index (κ3) is 2.36. The fraction of sp³-hybridized carbons (Fsp3) is 0. The molecule has 0 heterocycles. The fourth-order valence-electron chi connectivity index (χ4n) is 1.52. The first-order valence-electron chi connectivity index (χ1n) is 5.12. The predicted octanol–water partition coefficient (Wildman–Crippen LogP) is 3.68. The van der Waals surface area contributed by atoms with E-state index < -0.39 is 5.82 Å². The first-order chi connectivity index (χ1) is 8.61. The van der Waals surface area contributed by atoms with Gasteiger partial charge in [-0.25, -0.2) is 4.39 Å². The molecular formula is C13H9ClFN3. The molecule has 0 spiro atoms. The van der Waals surface area contributed by atoms with Crippen molar-refractivity contribution < 1.29 is 4.39 Å². The fourth-order valence-corrected chi connectivity index (χ4v) is 1.70. The lowest BCUT2D eigenvalue weighted by Gasteiger charge is -2.11. The molecule has 0 fully saturated rings. The minimum absolute atomic E-state index is 0.0584. The van der Waals surface area contributed by atoms with Gasteiger partial charge in [-0.2, -0.15) is 5.26 Å². The predicted molar refractivity (Wildman–Crippen MR) is 70.3 cm³/mol. The van der Waals surface area contributed by atoms with Gasteiger partial charge < -0.3 is 11.1 Å². The van der Waals surface area contributed by atoms with Crippen LogP contribution in [-0.2, 0) is 0 Å². The minimum Gasteiger partial charge on any atom is -0.397 e. The summed E-state index contributed by atoms with van der Waals surface area (Å²) in [6.07, 6.45) is 0. The van der Waals surface area contributed by atoms with Crippen molar-refractivity contribution in [2.24, 2.45) is 0 Å². The molecule has 0 aliphatic rings. The first kappa shape index (κ1) is 12.2. The smallest absolute Gasteiger partial charge is 0.143 e. The van der Waals surface area contributed by atoms with Crippen LogP contribution >= 0.6 is 11.6 Å². The van der Waals surface area contributed by atoms with Gasteiger partial charge in [0.05, 0.1) is 17.1 Å². The molecule has 0 bridgehead atoms. The number of nitriles is 1. The number of nitrogens with two attached hydrogens (primary N) is 1. The second-order valence-electron chi connectivity index (χ2n) is 3.63. The third-order valence-corrected chi connectivity index (χ3v) is 2.65. The average Bonchev–Trinajstić information content (AvgIpc) is 2.34. The van der Waals surface area contributed by atoms with E-state index in [0.29, 0.717) is 22.1 Å². The molecule has 0 saturated carbocycles. The van der Waals surface area contributed by atoms with Gasteiger partial charge in [0.2, 0.25) is 0 Å². The third-order valence-electron chi connectivity index (χ3n) is 2.41. The molecule has 18 heavy (non-hydrogen) atoms. The molecule has 3 N–H and O–H groups in total. The molecule has 0 aliphatic carbocycles.